The summed E-state index contributed by atoms with van der Waals surface area (Å²) in [5.41, 5.74) is -0.829. The second-order valence-corrected chi connectivity index (χ2v) is 6.40. The summed E-state index contributed by atoms with van der Waals surface area (Å²) in [5.74, 6) is -0.479. The number of carbonyl (C=O) groups is 2. The molecule has 6 nitrogen and oxygen atoms in total. The van der Waals surface area contributed by atoms with E-state index in [0.29, 0.717) is 6.42 Å². The van der Waals surface area contributed by atoms with Crippen molar-refractivity contribution in [2.24, 2.45) is 10.8 Å². The molecule has 0 aromatic rings. The summed E-state index contributed by atoms with van der Waals surface area (Å²) in [5, 5.41) is 17.4. The molecule has 0 aromatic heterocycles. The van der Waals surface area contributed by atoms with Crippen LogP contribution in [0.15, 0.2) is 0 Å². The van der Waals surface area contributed by atoms with Crippen molar-refractivity contribution in [3.8, 4) is 0 Å². The highest BCUT2D eigenvalue weighted by Crippen LogP contribution is 2.21. The second kappa shape index (κ2) is 10.6. The summed E-state index contributed by atoms with van der Waals surface area (Å²) in [6.07, 6.45) is 0.525. The number of hydrogen-bond donors (Lipinski definition) is 2. The van der Waals surface area contributed by atoms with Gasteiger partial charge in [-0.15, -0.1) is 0 Å². The van der Waals surface area contributed by atoms with Crippen LogP contribution >= 0.6 is 0 Å². The van der Waals surface area contributed by atoms with E-state index in [2.05, 4.69) is 4.74 Å². The maximum Gasteiger partial charge on any atom is 0.311 e. The van der Waals surface area contributed by atoms with E-state index in [9.17, 15) is 9.59 Å². The third-order valence-electron chi connectivity index (χ3n) is 3.68. The average Bonchev–Trinajstić information content (AvgIpc) is 2.51. The van der Waals surface area contributed by atoms with Gasteiger partial charge in [0.25, 0.3) is 0 Å². The number of methoxy groups -OCH3 is 1. The lowest BCUT2D eigenvalue weighted by molar-refractivity contribution is -0.157. The van der Waals surface area contributed by atoms with Crippen LogP contribution < -0.4 is 0 Å². The lowest BCUT2D eigenvalue weighted by Gasteiger charge is -2.21. The van der Waals surface area contributed by atoms with Crippen LogP contribution in [0, 0.1) is 10.8 Å². The van der Waals surface area contributed by atoms with Crippen molar-refractivity contribution in [3.63, 3.8) is 0 Å². The Morgan fingerprint density at radius 3 is 1.68 bits per heavy atom. The molecule has 0 aliphatic rings. The van der Waals surface area contributed by atoms with E-state index >= 15 is 0 Å². The predicted molar refractivity (Wildman–Crippen MR) is 84.2 cm³/mol. The SMILES string of the molecule is CCC(C)(C)C(=O)OC.CCC(C)(C)C(=O)OCC(O)CO. The fraction of sp³-hybridized carbons (Fsp3) is 0.875. The molecule has 0 fully saturated rings. The van der Waals surface area contributed by atoms with Crippen LogP contribution in [0.2, 0.25) is 0 Å². The van der Waals surface area contributed by atoms with E-state index < -0.39 is 11.5 Å². The number of hydrogen-bond acceptors (Lipinski definition) is 6. The van der Waals surface area contributed by atoms with Gasteiger partial charge in [0, 0.05) is 0 Å². The Morgan fingerprint density at radius 2 is 1.41 bits per heavy atom. The molecule has 0 aromatic carbocycles. The fourth-order valence-corrected chi connectivity index (χ4v) is 0.985. The van der Waals surface area contributed by atoms with E-state index in [1.165, 1.54) is 7.11 Å². The number of carbonyl (C=O) groups excluding carboxylic acids is 2. The maximum atomic E-state index is 11.3. The normalized spacial score (nSPS) is 12.8. The van der Waals surface area contributed by atoms with Gasteiger partial charge in [0.05, 0.1) is 24.5 Å². The molecule has 0 saturated heterocycles. The number of aliphatic hydroxyl groups excluding tert-OH is 2. The molecule has 0 radical (unpaired) electrons. The molecule has 2 N–H and O–H groups in total. The lowest BCUT2D eigenvalue weighted by Crippen LogP contribution is -2.30. The highest BCUT2D eigenvalue weighted by molar-refractivity contribution is 5.76. The molecule has 1 unspecified atom stereocenters. The Kier molecular flexibility index (Phi) is 11.1. The second-order valence-electron chi connectivity index (χ2n) is 6.40. The first-order valence-electron chi connectivity index (χ1n) is 7.53. The van der Waals surface area contributed by atoms with Crippen molar-refractivity contribution in [2.75, 3.05) is 20.3 Å². The number of rotatable bonds is 7. The van der Waals surface area contributed by atoms with Gasteiger partial charge in [-0.05, 0) is 40.5 Å². The Balaban J connectivity index is 0. The van der Waals surface area contributed by atoms with E-state index in [4.69, 9.17) is 14.9 Å². The molecular formula is C16H32O6. The first-order chi connectivity index (χ1) is 9.98. The van der Waals surface area contributed by atoms with Gasteiger partial charge in [-0.1, -0.05) is 13.8 Å². The molecule has 0 heterocycles. The van der Waals surface area contributed by atoms with E-state index in [1.54, 1.807) is 13.8 Å². The van der Waals surface area contributed by atoms with Crippen LogP contribution in [0.5, 0.6) is 0 Å². The average molecular weight is 320 g/mol. The van der Waals surface area contributed by atoms with Gasteiger partial charge < -0.3 is 19.7 Å². The molecular weight excluding hydrogens is 288 g/mol. The summed E-state index contributed by atoms with van der Waals surface area (Å²) in [6, 6.07) is 0. The minimum absolute atomic E-state index is 0.134. The van der Waals surface area contributed by atoms with Crippen molar-refractivity contribution in [2.45, 2.75) is 60.5 Å². The lowest BCUT2D eigenvalue weighted by atomic mass is 9.91. The van der Waals surface area contributed by atoms with E-state index in [-0.39, 0.29) is 30.6 Å². The van der Waals surface area contributed by atoms with Crippen LogP contribution in [0.3, 0.4) is 0 Å². The summed E-state index contributed by atoms with van der Waals surface area (Å²) in [6.45, 7) is 10.6. The first-order valence-corrected chi connectivity index (χ1v) is 7.53. The molecule has 1 atom stereocenters. The van der Waals surface area contributed by atoms with Gasteiger partial charge in [0.1, 0.15) is 12.7 Å². The molecule has 0 bridgehead atoms. The minimum atomic E-state index is -0.975. The van der Waals surface area contributed by atoms with E-state index in [0.717, 1.165) is 6.42 Å². The Labute approximate surface area is 133 Å². The predicted octanol–water partition coefficient (Wildman–Crippen LogP) is 1.91. The summed E-state index contributed by atoms with van der Waals surface area (Å²) in [4.78, 5) is 22.1. The maximum absolute atomic E-state index is 11.3. The Morgan fingerprint density at radius 1 is 1.00 bits per heavy atom. The summed E-state index contributed by atoms with van der Waals surface area (Å²) < 4.78 is 9.37. The van der Waals surface area contributed by atoms with E-state index in [1.807, 2.05) is 27.7 Å². The number of esters is 2. The highest BCUT2D eigenvalue weighted by Gasteiger charge is 2.27. The van der Waals surface area contributed by atoms with Crippen molar-refractivity contribution >= 4 is 11.9 Å². The van der Waals surface area contributed by atoms with Gasteiger partial charge in [-0.2, -0.15) is 0 Å². The first kappa shape index (κ1) is 23.1. The zero-order valence-corrected chi connectivity index (χ0v) is 14.9. The molecule has 22 heavy (non-hydrogen) atoms. The third kappa shape index (κ3) is 9.00. The molecule has 6 heteroatoms. The van der Waals surface area contributed by atoms with Gasteiger partial charge >= 0.3 is 11.9 Å². The summed E-state index contributed by atoms with van der Waals surface area (Å²) in [7, 11) is 1.42. The monoisotopic (exact) mass is 320 g/mol. The smallest absolute Gasteiger partial charge is 0.311 e. The molecule has 0 saturated carbocycles. The quantitative estimate of drug-likeness (QED) is 0.696. The molecule has 0 rings (SSSR count). The zero-order chi connectivity index (χ0) is 18.0. The Hall–Kier alpha value is -1.14. The molecule has 0 spiro atoms. The van der Waals surface area contributed by atoms with Gasteiger partial charge in [0.15, 0.2) is 0 Å². The van der Waals surface area contributed by atoms with Crippen LogP contribution in [-0.2, 0) is 19.1 Å². The molecule has 132 valence electrons. The topological polar surface area (TPSA) is 93.1 Å². The highest BCUT2D eigenvalue weighted by atomic mass is 16.5. The van der Waals surface area contributed by atoms with Crippen LogP contribution in [0.1, 0.15) is 54.4 Å². The van der Waals surface area contributed by atoms with Gasteiger partial charge in [0.2, 0.25) is 0 Å². The third-order valence-corrected chi connectivity index (χ3v) is 3.68. The van der Waals surface area contributed by atoms with Crippen molar-refractivity contribution in [3.05, 3.63) is 0 Å². The molecule has 0 amide bonds. The van der Waals surface area contributed by atoms with Crippen LogP contribution in [0.25, 0.3) is 0 Å². The summed E-state index contributed by atoms with van der Waals surface area (Å²) >= 11 is 0. The molecule has 0 aliphatic carbocycles. The van der Waals surface area contributed by atoms with Gasteiger partial charge in [-0.25, -0.2) is 0 Å². The van der Waals surface area contributed by atoms with Crippen LogP contribution in [0.4, 0.5) is 0 Å². The number of ether oxygens (including phenoxy) is 2. The number of aliphatic hydroxyl groups is 2. The minimum Gasteiger partial charge on any atom is -0.469 e. The van der Waals surface area contributed by atoms with Gasteiger partial charge in [-0.3, -0.25) is 9.59 Å². The largest absolute Gasteiger partial charge is 0.469 e. The zero-order valence-electron chi connectivity index (χ0n) is 14.9. The van der Waals surface area contributed by atoms with Crippen molar-refractivity contribution < 1.29 is 29.3 Å². The van der Waals surface area contributed by atoms with Crippen molar-refractivity contribution in [1.29, 1.82) is 0 Å². The fourth-order valence-electron chi connectivity index (χ4n) is 0.985. The van der Waals surface area contributed by atoms with Crippen molar-refractivity contribution in [1.82, 2.24) is 0 Å². The standard InChI is InChI=1S/C9H18O4.C7H14O2/c1-4-9(2,3)8(12)13-6-7(11)5-10;1-5-7(2,3)6(8)9-4/h7,10-11H,4-6H2,1-3H3;5H2,1-4H3. The van der Waals surface area contributed by atoms with Crippen LogP contribution in [-0.4, -0.2) is 48.6 Å². The molecule has 0 aliphatic heterocycles. The Bertz CT molecular complexity index is 336.